The van der Waals surface area contributed by atoms with Crippen LogP contribution >= 0.6 is 11.6 Å². The summed E-state index contributed by atoms with van der Waals surface area (Å²) in [5.74, 6) is 0.755. The summed E-state index contributed by atoms with van der Waals surface area (Å²) < 4.78 is 0. The lowest BCUT2D eigenvalue weighted by atomic mass is 9.89. The third-order valence-electron chi connectivity index (χ3n) is 8.22. The minimum absolute atomic E-state index is 0.125. The van der Waals surface area contributed by atoms with Gasteiger partial charge in [-0.25, -0.2) is 4.99 Å². The fourth-order valence-electron chi connectivity index (χ4n) is 6.24. The summed E-state index contributed by atoms with van der Waals surface area (Å²) in [7, 11) is 0. The van der Waals surface area contributed by atoms with Gasteiger partial charge in [0, 0.05) is 47.7 Å². The highest BCUT2D eigenvalue weighted by atomic mass is 35.5. The van der Waals surface area contributed by atoms with Gasteiger partial charge >= 0.3 is 0 Å². The molecule has 0 saturated carbocycles. The summed E-state index contributed by atoms with van der Waals surface area (Å²) in [5.41, 5.74) is 5.35. The number of hydrogen-bond acceptors (Lipinski definition) is 3. The number of H-pyrrole nitrogens is 1. The summed E-state index contributed by atoms with van der Waals surface area (Å²) >= 11 is 6.13. The van der Waals surface area contributed by atoms with E-state index in [1.54, 1.807) is 0 Å². The highest BCUT2D eigenvalue weighted by Gasteiger charge is 2.32. The van der Waals surface area contributed by atoms with Gasteiger partial charge in [0.25, 0.3) is 5.91 Å². The largest absolute Gasteiger partial charge is 0.361 e. The molecule has 2 aromatic carbocycles. The molecule has 182 valence electrons. The second-order valence-corrected chi connectivity index (χ2v) is 10.8. The summed E-state index contributed by atoms with van der Waals surface area (Å²) in [6, 6.07) is 14.7. The number of aromatic amines is 1. The number of hydrogen-bond donors (Lipinski definition) is 1. The predicted molar refractivity (Wildman–Crippen MR) is 143 cm³/mol. The molecule has 0 bridgehead atoms. The van der Waals surface area contributed by atoms with Crippen LogP contribution in [-0.4, -0.2) is 58.6 Å². The average Bonchev–Trinajstić information content (AvgIpc) is 3.52. The van der Waals surface area contributed by atoms with Crippen molar-refractivity contribution < 1.29 is 4.79 Å². The lowest BCUT2D eigenvalue weighted by Crippen LogP contribution is -2.48. The van der Waals surface area contributed by atoms with Crippen LogP contribution in [0, 0.1) is 0 Å². The number of amides is 1. The van der Waals surface area contributed by atoms with E-state index in [1.165, 1.54) is 35.7 Å². The van der Waals surface area contributed by atoms with Crippen molar-refractivity contribution >= 4 is 39.8 Å². The average molecular weight is 489 g/mol. The summed E-state index contributed by atoms with van der Waals surface area (Å²) in [6.45, 7) is 4.18. The van der Waals surface area contributed by atoms with Gasteiger partial charge in [0.05, 0.1) is 5.69 Å². The number of nitrogens with zero attached hydrogens (tertiary/aromatic N) is 3. The molecule has 2 fully saturated rings. The number of para-hydroxylation sites is 1. The van der Waals surface area contributed by atoms with Gasteiger partial charge in [-0.1, -0.05) is 35.9 Å². The first-order valence-corrected chi connectivity index (χ1v) is 13.5. The molecule has 0 aliphatic carbocycles. The van der Waals surface area contributed by atoms with Crippen LogP contribution in [0.15, 0.2) is 53.7 Å². The van der Waals surface area contributed by atoms with E-state index in [9.17, 15) is 4.79 Å². The Morgan fingerprint density at radius 3 is 2.80 bits per heavy atom. The number of carbonyl (C=O) groups excluding carboxylic acids is 1. The summed E-state index contributed by atoms with van der Waals surface area (Å²) in [6.07, 6.45) is 9.69. The molecule has 3 aliphatic heterocycles. The van der Waals surface area contributed by atoms with E-state index in [4.69, 9.17) is 11.6 Å². The Kier molecular flexibility index (Phi) is 6.38. The van der Waals surface area contributed by atoms with E-state index in [-0.39, 0.29) is 5.91 Å². The predicted octanol–water partition coefficient (Wildman–Crippen LogP) is 6.10. The van der Waals surface area contributed by atoms with Gasteiger partial charge in [-0.3, -0.25) is 4.79 Å². The number of benzene rings is 2. The molecular formula is C29H33ClN4O. The molecule has 0 radical (unpaired) electrons. The number of rotatable bonds is 5. The first-order valence-electron chi connectivity index (χ1n) is 13.1. The monoisotopic (exact) mass is 488 g/mol. The van der Waals surface area contributed by atoms with Gasteiger partial charge in [-0.15, -0.1) is 0 Å². The molecule has 0 unspecified atom stereocenters. The van der Waals surface area contributed by atoms with Crippen LogP contribution in [0.5, 0.6) is 0 Å². The van der Waals surface area contributed by atoms with Crippen LogP contribution in [0.25, 0.3) is 10.9 Å². The molecule has 5 nitrogen and oxygen atoms in total. The van der Waals surface area contributed by atoms with Gasteiger partial charge in [0.2, 0.25) is 0 Å². The van der Waals surface area contributed by atoms with Crippen molar-refractivity contribution in [1.29, 1.82) is 0 Å². The molecule has 3 aromatic rings. The highest BCUT2D eigenvalue weighted by Crippen LogP contribution is 2.34. The van der Waals surface area contributed by atoms with Crippen LogP contribution in [0.2, 0.25) is 5.02 Å². The van der Waals surface area contributed by atoms with Crippen molar-refractivity contribution in [3.8, 4) is 0 Å². The summed E-state index contributed by atoms with van der Waals surface area (Å²) in [5, 5.41) is 2.05. The van der Waals surface area contributed by atoms with Gasteiger partial charge in [-0.2, -0.15) is 0 Å². The van der Waals surface area contributed by atoms with Crippen LogP contribution in [0.4, 0.5) is 5.69 Å². The van der Waals surface area contributed by atoms with E-state index < -0.39 is 0 Å². The van der Waals surface area contributed by atoms with Crippen molar-refractivity contribution in [2.75, 3.05) is 26.2 Å². The van der Waals surface area contributed by atoms with Gasteiger partial charge < -0.3 is 14.8 Å². The number of aromatic nitrogens is 1. The molecule has 1 N–H and O–H groups in total. The summed E-state index contributed by atoms with van der Waals surface area (Å²) in [4.78, 5) is 26.3. The maximum absolute atomic E-state index is 13.4. The van der Waals surface area contributed by atoms with Gasteiger partial charge in [-0.05, 0) is 86.9 Å². The quantitative estimate of drug-likeness (QED) is 0.471. The highest BCUT2D eigenvalue weighted by molar-refractivity contribution is 6.41. The third-order valence-corrected chi connectivity index (χ3v) is 8.46. The zero-order valence-electron chi connectivity index (χ0n) is 20.2. The normalized spacial score (nSPS) is 21.3. The lowest BCUT2D eigenvalue weighted by molar-refractivity contribution is -0.127. The molecule has 1 aromatic heterocycles. The topological polar surface area (TPSA) is 51.7 Å². The number of aliphatic imine (C=N–C) groups is 1. The van der Waals surface area contributed by atoms with E-state index in [1.807, 2.05) is 18.2 Å². The SMILES string of the molecule is O=C(C1=Nc2cc(Cl)ccc2C1)N1CCCC[C@H]1CCN1CCC(c2c[nH]c3ccccc23)CC1. The number of nitrogens with one attached hydrogen (secondary N) is 1. The Hall–Kier alpha value is -2.63. The second kappa shape index (κ2) is 9.79. The second-order valence-electron chi connectivity index (χ2n) is 10.4. The van der Waals surface area contributed by atoms with E-state index in [0.29, 0.717) is 29.1 Å². The van der Waals surface area contributed by atoms with Gasteiger partial charge in [0.15, 0.2) is 0 Å². The van der Waals surface area contributed by atoms with Crippen LogP contribution in [-0.2, 0) is 11.2 Å². The first kappa shape index (κ1) is 22.8. The number of halogens is 1. The Balaban J connectivity index is 1.05. The fraction of sp³-hybridized carbons (Fsp3) is 0.448. The van der Waals surface area contributed by atoms with E-state index >= 15 is 0 Å². The molecular weight excluding hydrogens is 456 g/mol. The van der Waals surface area contributed by atoms with Gasteiger partial charge in [0.1, 0.15) is 5.71 Å². The zero-order valence-corrected chi connectivity index (χ0v) is 20.9. The van der Waals surface area contributed by atoms with Crippen molar-refractivity contribution in [2.24, 2.45) is 4.99 Å². The van der Waals surface area contributed by atoms with Crippen molar-refractivity contribution in [1.82, 2.24) is 14.8 Å². The molecule has 2 saturated heterocycles. The molecule has 1 amide bonds. The number of likely N-dealkylation sites (tertiary alicyclic amines) is 2. The third kappa shape index (κ3) is 4.64. The van der Waals surface area contributed by atoms with Crippen molar-refractivity contribution in [2.45, 2.75) is 56.9 Å². The Morgan fingerprint density at radius 2 is 1.91 bits per heavy atom. The van der Waals surface area contributed by atoms with Crippen LogP contribution in [0.3, 0.4) is 0 Å². The van der Waals surface area contributed by atoms with E-state index in [2.05, 4.69) is 50.2 Å². The van der Waals surface area contributed by atoms with E-state index in [0.717, 1.165) is 56.7 Å². The standard InChI is InChI=1S/C29H33ClN4O/c30-22-9-8-21-17-28(32-27(21)18-22)29(35)34-13-4-3-5-23(34)12-16-33-14-10-20(11-15-33)25-19-31-26-7-2-1-6-24(25)26/h1-2,6-9,18-20,23,31H,3-5,10-17H2/t23-/m0/s1. The molecule has 3 aliphatic rings. The number of piperidine rings is 2. The first-order chi connectivity index (χ1) is 17.2. The Bertz CT molecular complexity index is 1260. The Labute approximate surface area is 212 Å². The molecule has 6 rings (SSSR count). The number of fused-ring (bicyclic) bond motifs is 2. The Morgan fingerprint density at radius 1 is 1.06 bits per heavy atom. The fourth-order valence-corrected chi connectivity index (χ4v) is 6.41. The smallest absolute Gasteiger partial charge is 0.268 e. The van der Waals surface area contributed by atoms with Crippen LogP contribution in [0.1, 0.15) is 55.6 Å². The number of carbonyl (C=O) groups is 1. The zero-order chi connectivity index (χ0) is 23.8. The molecule has 35 heavy (non-hydrogen) atoms. The molecule has 0 spiro atoms. The van der Waals surface area contributed by atoms with Crippen molar-refractivity contribution in [3.63, 3.8) is 0 Å². The molecule has 1 atom stereocenters. The van der Waals surface area contributed by atoms with Crippen LogP contribution < -0.4 is 0 Å². The maximum Gasteiger partial charge on any atom is 0.268 e. The molecule has 6 heteroatoms. The minimum Gasteiger partial charge on any atom is -0.361 e. The molecule has 4 heterocycles. The maximum atomic E-state index is 13.4. The minimum atomic E-state index is 0.125. The lowest BCUT2D eigenvalue weighted by Gasteiger charge is -2.38. The van der Waals surface area contributed by atoms with Crippen molar-refractivity contribution in [3.05, 3.63) is 64.8 Å².